The summed E-state index contributed by atoms with van der Waals surface area (Å²) in [5.74, 6) is 3.47. The van der Waals surface area contributed by atoms with Crippen molar-refractivity contribution in [2.45, 2.75) is 25.3 Å². The van der Waals surface area contributed by atoms with Gasteiger partial charge in [-0.05, 0) is 25.0 Å². The van der Waals surface area contributed by atoms with Gasteiger partial charge in [-0.25, -0.2) is 0 Å². The van der Waals surface area contributed by atoms with Gasteiger partial charge < -0.3 is 10.5 Å². The highest BCUT2D eigenvalue weighted by Crippen LogP contribution is 2.09. The van der Waals surface area contributed by atoms with E-state index in [0.717, 1.165) is 25.0 Å². The summed E-state index contributed by atoms with van der Waals surface area (Å²) in [5.41, 5.74) is 5.87. The number of hydrogen-bond donors (Lipinski definition) is 1. The lowest BCUT2D eigenvalue weighted by molar-refractivity contribution is 0.280. The van der Waals surface area contributed by atoms with E-state index in [4.69, 9.17) is 16.9 Å². The molecule has 0 aromatic heterocycles. The van der Waals surface area contributed by atoms with Crippen LogP contribution < -0.4 is 10.5 Å². The first-order valence-electron chi connectivity index (χ1n) is 5.20. The van der Waals surface area contributed by atoms with Gasteiger partial charge in [-0.1, -0.05) is 18.2 Å². The highest BCUT2D eigenvalue weighted by molar-refractivity contribution is 5.20. The second-order valence-electron chi connectivity index (χ2n) is 3.48. The SMILES string of the molecule is C#CCCCC(N)COc1ccccc1. The van der Waals surface area contributed by atoms with Crippen molar-refractivity contribution in [1.29, 1.82) is 0 Å². The van der Waals surface area contributed by atoms with Crippen LogP contribution in [0.1, 0.15) is 19.3 Å². The van der Waals surface area contributed by atoms with E-state index in [1.807, 2.05) is 30.3 Å². The summed E-state index contributed by atoms with van der Waals surface area (Å²) >= 11 is 0. The summed E-state index contributed by atoms with van der Waals surface area (Å²) < 4.78 is 5.52. The van der Waals surface area contributed by atoms with Gasteiger partial charge in [0.1, 0.15) is 12.4 Å². The summed E-state index contributed by atoms with van der Waals surface area (Å²) in [4.78, 5) is 0. The van der Waals surface area contributed by atoms with Gasteiger partial charge in [-0.2, -0.15) is 0 Å². The maximum absolute atomic E-state index is 5.87. The first-order valence-corrected chi connectivity index (χ1v) is 5.20. The van der Waals surface area contributed by atoms with Crippen LogP contribution in [0, 0.1) is 12.3 Å². The molecule has 0 bridgehead atoms. The smallest absolute Gasteiger partial charge is 0.119 e. The highest BCUT2D eigenvalue weighted by atomic mass is 16.5. The predicted octanol–water partition coefficient (Wildman–Crippen LogP) is 2.20. The molecule has 0 aliphatic carbocycles. The Labute approximate surface area is 91.4 Å². The van der Waals surface area contributed by atoms with Crippen molar-refractivity contribution in [3.63, 3.8) is 0 Å². The van der Waals surface area contributed by atoms with Crippen molar-refractivity contribution in [2.75, 3.05) is 6.61 Å². The fraction of sp³-hybridized carbons (Fsp3) is 0.385. The zero-order chi connectivity index (χ0) is 10.9. The van der Waals surface area contributed by atoms with Crippen molar-refractivity contribution < 1.29 is 4.74 Å². The quantitative estimate of drug-likeness (QED) is 0.568. The molecule has 0 aliphatic heterocycles. The van der Waals surface area contributed by atoms with E-state index >= 15 is 0 Å². The molecular weight excluding hydrogens is 186 g/mol. The maximum Gasteiger partial charge on any atom is 0.119 e. The molecular formula is C13H17NO. The van der Waals surface area contributed by atoms with Crippen LogP contribution in [0.2, 0.25) is 0 Å². The Bertz CT molecular complexity index is 302. The third-order valence-electron chi connectivity index (χ3n) is 2.10. The van der Waals surface area contributed by atoms with E-state index in [0.29, 0.717) is 6.61 Å². The summed E-state index contributed by atoms with van der Waals surface area (Å²) in [6.07, 6.45) is 7.83. The van der Waals surface area contributed by atoms with Gasteiger partial charge >= 0.3 is 0 Å². The summed E-state index contributed by atoms with van der Waals surface area (Å²) in [6.45, 7) is 0.550. The van der Waals surface area contributed by atoms with Crippen molar-refractivity contribution in [1.82, 2.24) is 0 Å². The standard InChI is InChI=1S/C13H17NO/c1-2-3-5-8-12(14)11-15-13-9-6-4-7-10-13/h1,4,6-7,9-10,12H,3,5,8,11,14H2. The number of benzene rings is 1. The van der Waals surface area contributed by atoms with Crippen molar-refractivity contribution >= 4 is 0 Å². The van der Waals surface area contributed by atoms with Crippen LogP contribution in [0.5, 0.6) is 5.75 Å². The molecule has 2 heteroatoms. The van der Waals surface area contributed by atoms with E-state index in [1.165, 1.54) is 0 Å². The normalized spacial score (nSPS) is 11.7. The number of hydrogen-bond acceptors (Lipinski definition) is 2. The number of ether oxygens (including phenoxy) is 1. The zero-order valence-electron chi connectivity index (χ0n) is 8.86. The molecule has 2 nitrogen and oxygen atoms in total. The molecule has 0 fully saturated rings. The first-order chi connectivity index (χ1) is 7.33. The lowest BCUT2D eigenvalue weighted by atomic mass is 10.1. The zero-order valence-corrected chi connectivity index (χ0v) is 8.86. The van der Waals surface area contributed by atoms with Crippen LogP contribution in [0.25, 0.3) is 0 Å². The Balaban J connectivity index is 2.17. The Kier molecular flexibility index (Phi) is 5.35. The molecule has 0 spiro atoms. The lowest BCUT2D eigenvalue weighted by Crippen LogP contribution is -2.27. The maximum atomic E-state index is 5.87. The van der Waals surface area contributed by atoms with Crippen LogP contribution in [-0.4, -0.2) is 12.6 Å². The molecule has 0 heterocycles. The van der Waals surface area contributed by atoms with Gasteiger partial charge in [-0.15, -0.1) is 12.3 Å². The van der Waals surface area contributed by atoms with Gasteiger partial charge in [0.15, 0.2) is 0 Å². The summed E-state index contributed by atoms with van der Waals surface area (Å²) in [5, 5.41) is 0. The molecule has 2 N–H and O–H groups in total. The van der Waals surface area contributed by atoms with Crippen molar-refractivity contribution in [2.24, 2.45) is 5.73 Å². The number of rotatable bonds is 6. The molecule has 1 rings (SSSR count). The number of terminal acetylenes is 1. The Morgan fingerprint density at radius 3 is 2.73 bits per heavy atom. The summed E-state index contributed by atoms with van der Waals surface area (Å²) in [7, 11) is 0. The van der Waals surface area contributed by atoms with Gasteiger partial charge in [-0.3, -0.25) is 0 Å². The molecule has 15 heavy (non-hydrogen) atoms. The topological polar surface area (TPSA) is 35.2 Å². The monoisotopic (exact) mass is 203 g/mol. The minimum absolute atomic E-state index is 0.0681. The highest BCUT2D eigenvalue weighted by Gasteiger charge is 2.02. The minimum atomic E-state index is 0.0681. The van der Waals surface area contributed by atoms with E-state index in [9.17, 15) is 0 Å². The van der Waals surface area contributed by atoms with Gasteiger partial charge in [0.05, 0.1) is 0 Å². The molecule has 1 aromatic carbocycles. The van der Waals surface area contributed by atoms with Crippen molar-refractivity contribution in [3.05, 3.63) is 30.3 Å². The Hall–Kier alpha value is -1.46. The average Bonchev–Trinajstić information content (AvgIpc) is 2.28. The van der Waals surface area contributed by atoms with Crippen LogP contribution in [0.4, 0.5) is 0 Å². The number of para-hydroxylation sites is 1. The lowest BCUT2D eigenvalue weighted by Gasteiger charge is -2.12. The minimum Gasteiger partial charge on any atom is -0.492 e. The Morgan fingerprint density at radius 1 is 1.33 bits per heavy atom. The molecule has 0 saturated carbocycles. The van der Waals surface area contributed by atoms with Crippen LogP contribution in [0.3, 0.4) is 0 Å². The van der Waals surface area contributed by atoms with Crippen LogP contribution in [-0.2, 0) is 0 Å². The third-order valence-corrected chi connectivity index (χ3v) is 2.10. The fourth-order valence-corrected chi connectivity index (χ4v) is 1.27. The molecule has 1 unspecified atom stereocenters. The van der Waals surface area contributed by atoms with E-state index in [1.54, 1.807) is 0 Å². The fourth-order valence-electron chi connectivity index (χ4n) is 1.27. The molecule has 80 valence electrons. The van der Waals surface area contributed by atoms with Crippen molar-refractivity contribution in [3.8, 4) is 18.1 Å². The third kappa shape index (κ3) is 5.09. The van der Waals surface area contributed by atoms with E-state index in [-0.39, 0.29) is 6.04 Å². The van der Waals surface area contributed by atoms with E-state index < -0.39 is 0 Å². The largest absolute Gasteiger partial charge is 0.492 e. The second kappa shape index (κ2) is 6.92. The molecule has 0 amide bonds. The number of nitrogens with two attached hydrogens (primary N) is 1. The molecule has 1 aromatic rings. The summed E-state index contributed by atoms with van der Waals surface area (Å²) in [6, 6.07) is 9.76. The van der Waals surface area contributed by atoms with Gasteiger partial charge in [0.2, 0.25) is 0 Å². The molecule has 1 atom stereocenters. The first kappa shape index (κ1) is 11.6. The van der Waals surface area contributed by atoms with Gasteiger partial charge in [0.25, 0.3) is 0 Å². The van der Waals surface area contributed by atoms with E-state index in [2.05, 4.69) is 5.92 Å². The molecule has 0 radical (unpaired) electrons. The number of unbranched alkanes of at least 4 members (excludes halogenated alkanes) is 1. The molecule has 0 aliphatic rings. The molecule has 0 saturated heterocycles. The van der Waals surface area contributed by atoms with Gasteiger partial charge in [0, 0.05) is 12.5 Å². The van der Waals surface area contributed by atoms with Crippen LogP contribution in [0.15, 0.2) is 30.3 Å². The second-order valence-corrected chi connectivity index (χ2v) is 3.48. The Morgan fingerprint density at radius 2 is 2.07 bits per heavy atom. The predicted molar refractivity (Wildman–Crippen MR) is 62.6 cm³/mol. The average molecular weight is 203 g/mol. The van der Waals surface area contributed by atoms with Crippen LogP contribution >= 0.6 is 0 Å².